The van der Waals surface area contributed by atoms with Gasteiger partial charge in [0.15, 0.2) is 0 Å². The van der Waals surface area contributed by atoms with Crippen molar-refractivity contribution in [3.8, 4) is 0 Å². The molecule has 1 N–H and O–H groups in total. The van der Waals surface area contributed by atoms with Gasteiger partial charge >= 0.3 is 0 Å². The molecule has 1 aromatic carbocycles. The lowest BCUT2D eigenvalue weighted by molar-refractivity contribution is 0.201. The lowest BCUT2D eigenvalue weighted by atomic mass is 9.78. The molecule has 1 aliphatic rings. The average Bonchev–Trinajstić information content (AvgIpc) is 2.18. The highest BCUT2D eigenvalue weighted by Gasteiger charge is 2.35. The number of benzene rings is 1. The lowest BCUT2D eigenvalue weighted by Crippen LogP contribution is -2.53. The maximum absolute atomic E-state index is 3.56. The van der Waals surface area contributed by atoms with E-state index in [2.05, 4.69) is 43.4 Å². The van der Waals surface area contributed by atoms with Crippen LogP contribution in [0.25, 0.3) is 0 Å². The molecule has 0 aromatic heterocycles. The first-order chi connectivity index (χ1) is 6.80. The van der Waals surface area contributed by atoms with E-state index in [-0.39, 0.29) is 0 Å². The summed E-state index contributed by atoms with van der Waals surface area (Å²) in [5, 5.41) is 3.56. The Labute approximate surface area is 86.5 Å². The van der Waals surface area contributed by atoms with Gasteiger partial charge in [0.25, 0.3) is 0 Å². The van der Waals surface area contributed by atoms with Crippen molar-refractivity contribution >= 4 is 0 Å². The quantitative estimate of drug-likeness (QED) is 0.771. The van der Waals surface area contributed by atoms with E-state index in [1.165, 1.54) is 30.5 Å². The first kappa shape index (κ1) is 9.72. The molecule has 0 saturated carbocycles. The van der Waals surface area contributed by atoms with Gasteiger partial charge in [-0.25, -0.2) is 0 Å². The Morgan fingerprint density at radius 2 is 1.86 bits per heavy atom. The third kappa shape index (κ3) is 1.46. The first-order valence-corrected chi connectivity index (χ1v) is 5.65. The van der Waals surface area contributed by atoms with Gasteiger partial charge < -0.3 is 5.32 Å². The Bertz CT molecular complexity index is 290. The van der Waals surface area contributed by atoms with Gasteiger partial charge in [0.05, 0.1) is 0 Å². The summed E-state index contributed by atoms with van der Waals surface area (Å²) in [5.74, 6) is 0. The van der Waals surface area contributed by atoms with Gasteiger partial charge in [-0.1, -0.05) is 38.1 Å². The molecule has 0 amide bonds. The molecule has 14 heavy (non-hydrogen) atoms. The van der Waals surface area contributed by atoms with Crippen molar-refractivity contribution in [2.75, 3.05) is 6.54 Å². The first-order valence-electron chi connectivity index (χ1n) is 5.65. The van der Waals surface area contributed by atoms with Crippen LogP contribution in [0.5, 0.6) is 0 Å². The van der Waals surface area contributed by atoms with Crippen LogP contribution < -0.4 is 5.32 Å². The normalized spacial score (nSPS) is 25.9. The maximum atomic E-state index is 3.56. The fourth-order valence-corrected chi connectivity index (χ4v) is 2.24. The lowest BCUT2D eigenvalue weighted by Gasteiger charge is -2.43. The molecule has 1 heterocycles. The highest BCUT2D eigenvalue weighted by molar-refractivity contribution is 5.30. The predicted octanol–water partition coefficient (Wildman–Crippen LogP) is 2.85. The van der Waals surface area contributed by atoms with E-state index in [1.54, 1.807) is 0 Å². The number of aryl methyl sites for hydroxylation is 1. The van der Waals surface area contributed by atoms with Crippen molar-refractivity contribution in [3.63, 3.8) is 0 Å². The SMILES string of the molecule is CCc1ccc(C2(CC)CCN2)cc1. The predicted molar refractivity (Wildman–Crippen MR) is 60.4 cm³/mol. The Balaban J connectivity index is 2.23. The summed E-state index contributed by atoms with van der Waals surface area (Å²) in [5.41, 5.74) is 3.19. The molecule has 1 heteroatoms. The van der Waals surface area contributed by atoms with Crippen LogP contribution in [0.1, 0.15) is 37.8 Å². The van der Waals surface area contributed by atoms with Gasteiger partial charge in [-0.05, 0) is 36.9 Å². The van der Waals surface area contributed by atoms with Gasteiger partial charge in [-0.15, -0.1) is 0 Å². The van der Waals surface area contributed by atoms with Crippen LogP contribution in [0.2, 0.25) is 0 Å². The van der Waals surface area contributed by atoms with Crippen LogP contribution in [-0.2, 0) is 12.0 Å². The van der Waals surface area contributed by atoms with Gasteiger partial charge in [-0.3, -0.25) is 0 Å². The fraction of sp³-hybridized carbons (Fsp3) is 0.538. The van der Waals surface area contributed by atoms with E-state index in [4.69, 9.17) is 0 Å². The molecule has 76 valence electrons. The standard InChI is InChI=1S/C13H19N/c1-3-11-5-7-12(8-6-11)13(4-2)9-10-14-13/h5-8,14H,3-4,9-10H2,1-2H3. The van der Waals surface area contributed by atoms with Crippen molar-refractivity contribution in [2.45, 2.75) is 38.6 Å². The molecule has 0 spiro atoms. The Morgan fingerprint density at radius 1 is 1.21 bits per heavy atom. The molecule has 2 rings (SSSR count). The third-order valence-corrected chi connectivity index (χ3v) is 3.53. The van der Waals surface area contributed by atoms with Crippen LogP contribution in [0.3, 0.4) is 0 Å². The molecular formula is C13H19N. The molecular weight excluding hydrogens is 170 g/mol. The van der Waals surface area contributed by atoms with E-state index in [0.717, 1.165) is 6.42 Å². The Morgan fingerprint density at radius 3 is 2.21 bits per heavy atom. The molecule has 0 radical (unpaired) electrons. The maximum Gasteiger partial charge on any atom is 0.0444 e. The van der Waals surface area contributed by atoms with Gasteiger partial charge in [0.2, 0.25) is 0 Å². The fourth-order valence-electron chi connectivity index (χ4n) is 2.24. The summed E-state index contributed by atoms with van der Waals surface area (Å²) >= 11 is 0. The summed E-state index contributed by atoms with van der Waals surface area (Å²) in [4.78, 5) is 0. The Hall–Kier alpha value is -0.820. The van der Waals surface area contributed by atoms with Crippen LogP contribution >= 0.6 is 0 Å². The second-order valence-electron chi connectivity index (χ2n) is 4.16. The van der Waals surface area contributed by atoms with E-state index < -0.39 is 0 Å². The summed E-state index contributed by atoms with van der Waals surface area (Å²) in [6.07, 6.45) is 3.61. The Kier molecular flexibility index (Phi) is 2.60. The van der Waals surface area contributed by atoms with Crippen LogP contribution in [-0.4, -0.2) is 6.54 Å². The van der Waals surface area contributed by atoms with Crippen molar-refractivity contribution in [3.05, 3.63) is 35.4 Å². The zero-order chi connectivity index (χ0) is 10.0. The molecule has 1 aromatic rings. The number of nitrogens with one attached hydrogen (secondary N) is 1. The van der Waals surface area contributed by atoms with Gasteiger partial charge in [-0.2, -0.15) is 0 Å². The van der Waals surface area contributed by atoms with E-state index in [9.17, 15) is 0 Å². The molecule has 0 bridgehead atoms. The smallest absolute Gasteiger partial charge is 0.0444 e. The molecule has 1 saturated heterocycles. The summed E-state index contributed by atoms with van der Waals surface area (Å²) in [6.45, 7) is 5.63. The van der Waals surface area contributed by atoms with Gasteiger partial charge in [0.1, 0.15) is 0 Å². The zero-order valence-corrected chi connectivity index (χ0v) is 9.14. The summed E-state index contributed by atoms with van der Waals surface area (Å²) < 4.78 is 0. The molecule has 1 fully saturated rings. The van der Waals surface area contributed by atoms with E-state index in [0.29, 0.717) is 5.54 Å². The van der Waals surface area contributed by atoms with Gasteiger partial charge in [0, 0.05) is 5.54 Å². The van der Waals surface area contributed by atoms with Crippen molar-refractivity contribution in [1.82, 2.24) is 5.32 Å². The topological polar surface area (TPSA) is 12.0 Å². The zero-order valence-electron chi connectivity index (χ0n) is 9.14. The van der Waals surface area contributed by atoms with Crippen LogP contribution in [0.15, 0.2) is 24.3 Å². The third-order valence-electron chi connectivity index (χ3n) is 3.53. The second-order valence-corrected chi connectivity index (χ2v) is 4.16. The summed E-state index contributed by atoms with van der Waals surface area (Å²) in [7, 11) is 0. The average molecular weight is 189 g/mol. The van der Waals surface area contributed by atoms with E-state index in [1.807, 2.05) is 0 Å². The minimum absolute atomic E-state index is 0.298. The molecule has 1 atom stereocenters. The van der Waals surface area contributed by atoms with Crippen molar-refractivity contribution in [2.24, 2.45) is 0 Å². The molecule has 1 aliphatic heterocycles. The van der Waals surface area contributed by atoms with Crippen molar-refractivity contribution in [1.29, 1.82) is 0 Å². The van der Waals surface area contributed by atoms with Crippen molar-refractivity contribution < 1.29 is 0 Å². The molecule has 1 unspecified atom stereocenters. The minimum Gasteiger partial charge on any atom is -0.307 e. The minimum atomic E-state index is 0.298. The number of hydrogen-bond donors (Lipinski definition) is 1. The highest BCUT2D eigenvalue weighted by atomic mass is 15.0. The molecule has 1 nitrogen and oxygen atoms in total. The number of hydrogen-bond acceptors (Lipinski definition) is 1. The van der Waals surface area contributed by atoms with E-state index >= 15 is 0 Å². The van der Waals surface area contributed by atoms with Crippen LogP contribution in [0.4, 0.5) is 0 Å². The number of rotatable bonds is 3. The monoisotopic (exact) mass is 189 g/mol. The van der Waals surface area contributed by atoms with Crippen LogP contribution in [0, 0.1) is 0 Å². The summed E-state index contributed by atoms with van der Waals surface area (Å²) in [6, 6.07) is 9.09. The highest BCUT2D eigenvalue weighted by Crippen LogP contribution is 2.34. The molecule has 0 aliphatic carbocycles. The largest absolute Gasteiger partial charge is 0.307 e. The second kappa shape index (κ2) is 3.74.